The highest BCUT2D eigenvalue weighted by Crippen LogP contribution is 2.13. The molecule has 4 nitrogen and oxygen atoms in total. The van der Waals surface area contributed by atoms with Crippen molar-refractivity contribution in [1.82, 2.24) is 15.5 Å². The summed E-state index contributed by atoms with van der Waals surface area (Å²) in [5, 5.41) is 6.07. The maximum absolute atomic E-state index is 11.7. The molecule has 88 valence electrons. The van der Waals surface area contributed by atoms with Gasteiger partial charge < -0.3 is 10.6 Å². The Hall–Kier alpha value is -0.610. The largest absolute Gasteiger partial charge is 0.353 e. The van der Waals surface area contributed by atoms with Gasteiger partial charge in [-0.25, -0.2) is 0 Å². The minimum atomic E-state index is 0.0654. The molecule has 15 heavy (non-hydrogen) atoms. The molecule has 0 saturated carbocycles. The van der Waals surface area contributed by atoms with Crippen molar-refractivity contribution in [2.24, 2.45) is 5.92 Å². The average Bonchev–Trinajstić information content (AvgIpc) is 2.17. The quantitative estimate of drug-likeness (QED) is 0.634. The first kappa shape index (κ1) is 12.5. The van der Waals surface area contributed by atoms with E-state index in [1.165, 1.54) is 0 Å². The summed E-state index contributed by atoms with van der Waals surface area (Å²) in [5.74, 6) is 0.584. The normalized spacial score (nSPS) is 23.2. The maximum atomic E-state index is 11.7. The Balaban J connectivity index is 2.47. The maximum Gasteiger partial charge on any atom is 0.237 e. The average molecular weight is 213 g/mol. The van der Waals surface area contributed by atoms with Gasteiger partial charge in [0.25, 0.3) is 0 Å². The third-order valence-corrected chi connectivity index (χ3v) is 2.86. The number of nitrogens with zero attached hydrogens (tertiary/aromatic N) is 1. The molecular formula is C11H23N3O. The van der Waals surface area contributed by atoms with E-state index in [2.05, 4.69) is 29.4 Å². The lowest BCUT2D eigenvalue weighted by molar-refractivity contribution is -0.130. The van der Waals surface area contributed by atoms with Gasteiger partial charge >= 0.3 is 0 Å². The molecule has 0 radical (unpaired) electrons. The summed E-state index contributed by atoms with van der Waals surface area (Å²) in [5.41, 5.74) is 0. The molecule has 1 atom stereocenters. The lowest BCUT2D eigenvalue weighted by Gasteiger charge is -2.37. The van der Waals surface area contributed by atoms with Crippen molar-refractivity contribution in [3.8, 4) is 0 Å². The van der Waals surface area contributed by atoms with Gasteiger partial charge in [0.1, 0.15) is 0 Å². The number of carbonyl (C=O) groups excluding carboxylic acids is 1. The Morgan fingerprint density at radius 3 is 2.93 bits per heavy atom. The molecule has 2 N–H and O–H groups in total. The SMILES string of the molecule is CNCCCN1CCNC(=O)C1C(C)C. The Bertz CT molecular complexity index is 206. The molecule has 1 aliphatic rings. The van der Waals surface area contributed by atoms with E-state index >= 15 is 0 Å². The number of hydrogen-bond donors (Lipinski definition) is 2. The van der Waals surface area contributed by atoms with Crippen LogP contribution in [-0.4, -0.2) is 50.1 Å². The highest BCUT2D eigenvalue weighted by atomic mass is 16.2. The molecule has 1 fully saturated rings. The van der Waals surface area contributed by atoms with Crippen molar-refractivity contribution in [2.45, 2.75) is 26.3 Å². The second-order valence-electron chi connectivity index (χ2n) is 4.47. The summed E-state index contributed by atoms with van der Waals surface area (Å²) < 4.78 is 0. The van der Waals surface area contributed by atoms with Gasteiger partial charge in [0.15, 0.2) is 0 Å². The van der Waals surface area contributed by atoms with E-state index in [9.17, 15) is 4.79 Å². The first-order valence-corrected chi connectivity index (χ1v) is 5.83. The second kappa shape index (κ2) is 6.08. The molecule has 0 aliphatic carbocycles. The molecule has 1 unspecified atom stereocenters. The highest BCUT2D eigenvalue weighted by molar-refractivity contribution is 5.82. The Morgan fingerprint density at radius 1 is 1.60 bits per heavy atom. The smallest absolute Gasteiger partial charge is 0.237 e. The minimum Gasteiger partial charge on any atom is -0.353 e. The van der Waals surface area contributed by atoms with Crippen molar-refractivity contribution >= 4 is 5.91 Å². The van der Waals surface area contributed by atoms with Gasteiger partial charge in [-0.2, -0.15) is 0 Å². The minimum absolute atomic E-state index is 0.0654. The van der Waals surface area contributed by atoms with Crippen LogP contribution in [0.15, 0.2) is 0 Å². The third kappa shape index (κ3) is 3.47. The van der Waals surface area contributed by atoms with Gasteiger partial charge in [0.2, 0.25) is 5.91 Å². The molecular weight excluding hydrogens is 190 g/mol. The van der Waals surface area contributed by atoms with Gasteiger partial charge in [-0.3, -0.25) is 9.69 Å². The zero-order valence-electron chi connectivity index (χ0n) is 10.0. The number of hydrogen-bond acceptors (Lipinski definition) is 3. The Kier molecular flexibility index (Phi) is 5.05. The van der Waals surface area contributed by atoms with Crippen molar-refractivity contribution in [3.05, 3.63) is 0 Å². The fourth-order valence-corrected chi connectivity index (χ4v) is 2.17. The number of amides is 1. The van der Waals surface area contributed by atoms with Crippen LogP contribution >= 0.6 is 0 Å². The van der Waals surface area contributed by atoms with Crippen LogP contribution in [0.5, 0.6) is 0 Å². The van der Waals surface area contributed by atoms with Crippen LogP contribution in [0.4, 0.5) is 0 Å². The predicted octanol–water partition coefficient (Wildman–Crippen LogP) is 0.0523. The molecule has 0 aromatic rings. The predicted molar refractivity (Wildman–Crippen MR) is 61.8 cm³/mol. The van der Waals surface area contributed by atoms with E-state index in [0.29, 0.717) is 5.92 Å². The van der Waals surface area contributed by atoms with Gasteiger partial charge in [-0.1, -0.05) is 13.8 Å². The monoisotopic (exact) mass is 213 g/mol. The van der Waals surface area contributed by atoms with Gasteiger partial charge in [-0.15, -0.1) is 0 Å². The molecule has 4 heteroatoms. The first-order chi connectivity index (χ1) is 7.16. The van der Waals surface area contributed by atoms with E-state index < -0.39 is 0 Å². The molecule has 1 rings (SSSR count). The van der Waals surface area contributed by atoms with Crippen LogP contribution in [0.1, 0.15) is 20.3 Å². The first-order valence-electron chi connectivity index (χ1n) is 5.83. The van der Waals surface area contributed by atoms with Gasteiger partial charge in [0, 0.05) is 19.6 Å². The number of piperazine rings is 1. The third-order valence-electron chi connectivity index (χ3n) is 2.86. The fourth-order valence-electron chi connectivity index (χ4n) is 2.17. The highest BCUT2D eigenvalue weighted by Gasteiger charge is 2.31. The lowest BCUT2D eigenvalue weighted by atomic mass is 9.99. The standard InChI is InChI=1S/C11H23N3O/c1-9(2)10-11(15)13-6-8-14(10)7-4-5-12-3/h9-10,12H,4-8H2,1-3H3,(H,13,15). The van der Waals surface area contributed by atoms with Crippen molar-refractivity contribution in [2.75, 3.05) is 33.2 Å². The van der Waals surface area contributed by atoms with Crippen LogP contribution < -0.4 is 10.6 Å². The van der Waals surface area contributed by atoms with Crippen LogP contribution in [0.25, 0.3) is 0 Å². The number of rotatable bonds is 5. The summed E-state index contributed by atoms with van der Waals surface area (Å²) in [6.07, 6.45) is 1.10. The molecule has 0 aromatic carbocycles. The summed E-state index contributed by atoms with van der Waals surface area (Å²) in [4.78, 5) is 14.0. The van der Waals surface area contributed by atoms with E-state index in [4.69, 9.17) is 0 Å². The summed E-state index contributed by atoms with van der Waals surface area (Å²) in [6.45, 7) is 8.03. The molecule has 1 heterocycles. The Labute approximate surface area is 92.4 Å². The molecule has 1 aliphatic heterocycles. The van der Waals surface area contributed by atoms with Crippen molar-refractivity contribution in [3.63, 3.8) is 0 Å². The molecule has 1 amide bonds. The zero-order chi connectivity index (χ0) is 11.3. The van der Waals surface area contributed by atoms with Crippen LogP contribution in [0.3, 0.4) is 0 Å². The van der Waals surface area contributed by atoms with Crippen LogP contribution in [-0.2, 0) is 4.79 Å². The van der Waals surface area contributed by atoms with Crippen molar-refractivity contribution in [1.29, 1.82) is 0 Å². The van der Waals surface area contributed by atoms with Crippen LogP contribution in [0, 0.1) is 5.92 Å². The topological polar surface area (TPSA) is 44.4 Å². The second-order valence-corrected chi connectivity index (χ2v) is 4.47. The summed E-state index contributed by atoms with van der Waals surface area (Å²) in [7, 11) is 1.96. The number of carbonyl (C=O) groups is 1. The molecule has 0 bridgehead atoms. The van der Waals surface area contributed by atoms with Gasteiger partial charge in [0.05, 0.1) is 6.04 Å². The van der Waals surface area contributed by atoms with E-state index in [1.54, 1.807) is 0 Å². The number of nitrogens with one attached hydrogen (secondary N) is 2. The Morgan fingerprint density at radius 2 is 2.33 bits per heavy atom. The van der Waals surface area contributed by atoms with E-state index in [0.717, 1.165) is 32.6 Å². The van der Waals surface area contributed by atoms with Crippen LogP contribution in [0.2, 0.25) is 0 Å². The van der Waals surface area contributed by atoms with E-state index in [-0.39, 0.29) is 11.9 Å². The fraction of sp³-hybridized carbons (Fsp3) is 0.909. The van der Waals surface area contributed by atoms with Gasteiger partial charge in [-0.05, 0) is 25.9 Å². The van der Waals surface area contributed by atoms with Crippen molar-refractivity contribution < 1.29 is 4.79 Å². The molecule has 0 spiro atoms. The summed E-state index contributed by atoms with van der Waals surface area (Å²) in [6, 6.07) is 0.0654. The lowest BCUT2D eigenvalue weighted by Crippen LogP contribution is -2.57. The summed E-state index contributed by atoms with van der Waals surface area (Å²) >= 11 is 0. The van der Waals surface area contributed by atoms with E-state index in [1.807, 2.05) is 7.05 Å². The molecule has 1 saturated heterocycles. The zero-order valence-corrected chi connectivity index (χ0v) is 10.0. The molecule has 0 aromatic heterocycles.